The van der Waals surface area contributed by atoms with Crippen molar-refractivity contribution in [3.8, 4) is 0 Å². The van der Waals surface area contributed by atoms with Crippen LogP contribution in [0.5, 0.6) is 0 Å². The van der Waals surface area contributed by atoms with Gasteiger partial charge in [0.25, 0.3) is 0 Å². The van der Waals surface area contributed by atoms with E-state index in [1.807, 2.05) is 0 Å². The highest BCUT2D eigenvalue weighted by Gasteiger charge is 2.12. The number of hydrogen-bond acceptors (Lipinski definition) is 5. The van der Waals surface area contributed by atoms with Crippen molar-refractivity contribution in [1.29, 1.82) is 0 Å². The maximum absolute atomic E-state index is 12.0. The smallest absolute Gasteiger partial charge is 0.322 e. The number of rotatable bonds is 5. The van der Waals surface area contributed by atoms with Crippen molar-refractivity contribution in [3.05, 3.63) is 30.1 Å². The molecule has 0 atom stereocenters. The van der Waals surface area contributed by atoms with Crippen LogP contribution in [-0.4, -0.2) is 43.1 Å². The van der Waals surface area contributed by atoms with Crippen LogP contribution in [0.25, 0.3) is 0 Å². The van der Waals surface area contributed by atoms with Gasteiger partial charge in [-0.05, 0) is 6.42 Å². The number of aryl methyl sites for hydroxylation is 1. The molecular formula is C12H17N7O. The molecule has 8 nitrogen and oxygen atoms in total. The number of amides is 2. The van der Waals surface area contributed by atoms with Gasteiger partial charge >= 0.3 is 6.03 Å². The Bertz CT molecular complexity index is 554. The summed E-state index contributed by atoms with van der Waals surface area (Å²) in [5.74, 6) is 1.05. The normalized spacial score (nSPS) is 10.3. The van der Waals surface area contributed by atoms with Gasteiger partial charge in [0.05, 0.1) is 18.4 Å². The average Bonchev–Trinajstić information content (AvgIpc) is 2.87. The molecular weight excluding hydrogens is 258 g/mol. The van der Waals surface area contributed by atoms with Gasteiger partial charge in [0.1, 0.15) is 5.82 Å². The Hall–Kier alpha value is -2.51. The standard InChI is InChI=1S/C12H17N7O/c1-3-4-10-15-11(18-17-10)16-12(20)19(2)8-9-7-13-5-6-14-9/h5-7H,3-4,8H2,1-2H3,(H2,15,16,17,18,20). The minimum absolute atomic E-state index is 0.282. The lowest BCUT2D eigenvalue weighted by Crippen LogP contribution is -2.31. The lowest BCUT2D eigenvalue weighted by atomic mass is 10.3. The lowest BCUT2D eigenvalue weighted by Gasteiger charge is -2.15. The Kier molecular flexibility index (Phi) is 4.59. The Morgan fingerprint density at radius 2 is 2.30 bits per heavy atom. The predicted molar refractivity (Wildman–Crippen MR) is 72.9 cm³/mol. The van der Waals surface area contributed by atoms with E-state index >= 15 is 0 Å². The molecule has 2 N–H and O–H groups in total. The number of anilines is 1. The van der Waals surface area contributed by atoms with Crippen LogP contribution < -0.4 is 5.32 Å². The largest absolute Gasteiger partial charge is 0.324 e. The molecule has 2 rings (SSSR count). The number of carbonyl (C=O) groups excluding carboxylic acids is 1. The van der Waals surface area contributed by atoms with E-state index < -0.39 is 0 Å². The van der Waals surface area contributed by atoms with Crippen LogP contribution in [-0.2, 0) is 13.0 Å². The van der Waals surface area contributed by atoms with Crippen molar-refractivity contribution in [1.82, 2.24) is 30.0 Å². The Balaban J connectivity index is 1.90. The van der Waals surface area contributed by atoms with Crippen molar-refractivity contribution in [2.24, 2.45) is 0 Å². The second-order valence-corrected chi connectivity index (χ2v) is 4.34. The van der Waals surface area contributed by atoms with E-state index in [1.54, 1.807) is 25.6 Å². The molecule has 0 fully saturated rings. The Labute approximate surface area is 116 Å². The van der Waals surface area contributed by atoms with Crippen molar-refractivity contribution in [2.45, 2.75) is 26.3 Å². The molecule has 0 aromatic carbocycles. The summed E-state index contributed by atoms with van der Waals surface area (Å²) in [6, 6.07) is -0.294. The molecule has 0 aliphatic heterocycles. The molecule has 2 amide bonds. The number of urea groups is 1. The van der Waals surface area contributed by atoms with Gasteiger partial charge in [-0.25, -0.2) is 4.79 Å². The van der Waals surface area contributed by atoms with Crippen LogP contribution in [0.3, 0.4) is 0 Å². The molecule has 0 unspecified atom stereocenters. The number of aromatic nitrogens is 5. The molecule has 2 aromatic heterocycles. The van der Waals surface area contributed by atoms with Gasteiger partial charge in [-0.2, -0.15) is 4.98 Å². The van der Waals surface area contributed by atoms with E-state index in [2.05, 4.69) is 37.4 Å². The van der Waals surface area contributed by atoms with Crippen LogP contribution in [0.2, 0.25) is 0 Å². The fourth-order valence-corrected chi connectivity index (χ4v) is 1.62. The zero-order valence-electron chi connectivity index (χ0n) is 11.5. The van der Waals surface area contributed by atoms with Gasteiger partial charge < -0.3 is 4.90 Å². The number of H-pyrrole nitrogens is 1. The summed E-state index contributed by atoms with van der Waals surface area (Å²) in [4.78, 5) is 25.7. The summed E-state index contributed by atoms with van der Waals surface area (Å²) in [7, 11) is 1.67. The molecule has 0 saturated carbocycles. The molecule has 8 heteroatoms. The van der Waals surface area contributed by atoms with Crippen molar-refractivity contribution in [2.75, 3.05) is 12.4 Å². The van der Waals surface area contributed by atoms with E-state index in [9.17, 15) is 4.79 Å². The maximum Gasteiger partial charge on any atom is 0.324 e. The van der Waals surface area contributed by atoms with E-state index in [0.717, 1.165) is 18.7 Å². The average molecular weight is 275 g/mol. The zero-order chi connectivity index (χ0) is 14.4. The monoisotopic (exact) mass is 275 g/mol. The van der Waals surface area contributed by atoms with Crippen LogP contribution in [0.1, 0.15) is 24.9 Å². The quantitative estimate of drug-likeness (QED) is 0.854. The molecule has 0 saturated heterocycles. The van der Waals surface area contributed by atoms with Gasteiger partial charge in [0, 0.05) is 25.9 Å². The van der Waals surface area contributed by atoms with E-state index in [0.29, 0.717) is 12.2 Å². The third-order valence-electron chi connectivity index (χ3n) is 2.60. The van der Waals surface area contributed by atoms with Crippen LogP contribution in [0.15, 0.2) is 18.6 Å². The second-order valence-electron chi connectivity index (χ2n) is 4.34. The summed E-state index contributed by atoms with van der Waals surface area (Å²) in [5.41, 5.74) is 0.715. The molecule has 0 bridgehead atoms. The molecule has 0 aliphatic carbocycles. The van der Waals surface area contributed by atoms with Crippen molar-refractivity contribution < 1.29 is 4.79 Å². The molecule has 2 heterocycles. The summed E-state index contributed by atoms with van der Waals surface area (Å²) >= 11 is 0. The highest BCUT2D eigenvalue weighted by Crippen LogP contribution is 2.04. The third kappa shape index (κ3) is 3.74. The molecule has 106 valence electrons. The molecule has 0 aliphatic rings. The molecule has 0 spiro atoms. The minimum atomic E-state index is -0.294. The van der Waals surface area contributed by atoms with Gasteiger partial charge in [0.15, 0.2) is 0 Å². The first-order valence-electron chi connectivity index (χ1n) is 6.37. The first-order valence-corrected chi connectivity index (χ1v) is 6.37. The minimum Gasteiger partial charge on any atom is -0.322 e. The number of carbonyl (C=O) groups is 1. The fourth-order valence-electron chi connectivity index (χ4n) is 1.62. The highest BCUT2D eigenvalue weighted by molar-refractivity contribution is 5.87. The number of hydrogen-bond donors (Lipinski definition) is 2. The summed E-state index contributed by atoms with van der Waals surface area (Å²) in [6.07, 6.45) is 6.57. The number of aromatic amines is 1. The third-order valence-corrected chi connectivity index (χ3v) is 2.60. The topological polar surface area (TPSA) is 99.7 Å². The molecule has 20 heavy (non-hydrogen) atoms. The SMILES string of the molecule is CCCc1nc(NC(=O)N(C)Cc2cnccn2)n[nH]1. The number of nitrogens with zero attached hydrogens (tertiary/aromatic N) is 5. The summed E-state index contributed by atoms with van der Waals surface area (Å²) < 4.78 is 0. The molecule has 2 aromatic rings. The van der Waals surface area contributed by atoms with Crippen LogP contribution in [0.4, 0.5) is 10.7 Å². The van der Waals surface area contributed by atoms with E-state index in [1.165, 1.54) is 4.90 Å². The summed E-state index contributed by atoms with van der Waals surface area (Å²) in [5, 5.41) is 9.35. The summed E-state index contributed by atoms with van der Waals surface area (Å²) in [6.45, 7) is 2.42. The van der Waals surface area contributed by atoms with Crippen LogP contribution >= 0.6 is 0 Å². The van der Waals surface area contributed by atoms with Gasteiger partial charge in [0.2, 0.25) is 5.95 Å². The van der Waals surface area contributed by atoms with Gasteiger partial charge in [-0.15, -0.1) is 5.10 Å². The van der Waals surface area contributed by atoms with Crippen LogP contribution in [0, 0.1) is 0 Å². The maximum atomic E-state index is 12.0. The van der Waals surface area contributed by atoms with Gasteiger partial charge in [-0.3, -0.25) is 20.4 Å². The predicted octanol–water partition coefficient (Wildman–Crippen LogP) is 1.21. The van der Waals surface area contributed by atoms with E-state index in [4.69, 9.17) is 0 Å². The fraction of sp³-hybridized carbons (Fsp3) is 0.417. The van der Waals surface area contributed by atoms with Crippen molar-refractivity contribution >= 4 is 12.0 Å². The van der Waals surface area contributed by atoms with Crippen molar-refractivity contribution in [3.63, 3.8) is 0 Å². The van der Waals surface area contributed by atoms with E-state index in [-0.39, 0.29) is 12.0 Å². The Morgan fingerprint density at radius 1 is 1.45 bits per heavy atom. The molecule has 0 radical (unpaired) electrons. The van der Waals surface area contributed by atoms with Gasteiger partial charge in [-0.1, -0.05) is 6.92 Å². The number of nitrogens with one attached hydrogen (secondary N) is 2. The first-order chi connectivity index (χ1) is 9.69. The lowest BCUT2D eigenvalue weighted by molar-refractivity contribution is 0.220. The Morgan fingerprint density at radius 3 is 3.00 bits per heavy atom. The second kappa shape index (κ2) is 6.60. The zero-order valence-corrected chi connectivity index (χ0v) is 11.5. The highest BCUT2D eigenvalue weighted by atomic mass is 16.2. The first kappa shape index (κ1) is 13.9.